The Bertz CT molecular complexity index is 315. The van der Waals surface area contributed by atoms with Crippen LogP contribution in [0.2, 0.25) is 0 Å². The summed E-state index contributed by atoms with van der Waals surface area (Å²) >= 11 is 0. The lowest BCUT2D eigenvalue weighted by Gasteiger charge is -2.12. The first-order valence-corrected chi connectivity index (χ1v) is 5.68. The Kier molecular flexibility index (Phi) is 3.19. The maximum atomic E-state index is 12.2. The summed E-state index contributed by atoms with van der Waals surface area (Å²) < 4.78 is 36.5. The minimum Gasteiger partial charge on any atom is -0.295 e. The minimum atomic E-state index is -4.24. The predicted molar refractivity (Wildman–Crippen MR) is 52.6 cm³/mol. The highest BCUT2D eigenvalue weighted by Crippen LogP contribution is 2.39. The van der Waals surface area contributed by atoms with E-state index in [1.54, 1.807) is 6.92 Å². The SMILES string of the molecule is C=S(CC1=C(C)C(=O)CC1)C(F)(F)F. The molecule has 0 aromatic rings. The molecule has 0 amide bonds. The lowest BCUT2D eigenvalue weighted by molar-refractivity contribution is -0.114. The third-order valence-corrected chi connectivity index (χ3v) is 3.63. The normalized spacial score (nSPS) is 20.4. The van der Waals surface area contributed by atoms with Crippen LogP contribution in [0.25, 0.3) is 0 Å². The zero-order valence-electron chi connectivity index (χ0n) is 7.78. The Morgan fingerprint density at radius 2 is 2.00 bits per heavy atom. The van der Waals surface area contributed by atoms with E-state index in [4.69, 9.17) is 0 Å². The number of carbonyl (C=O) groups excluding carboxylic acids is 1. The Morgan fingerprint density at radius 1 is 1.43 bits per heavy atom. The topological polar surface area (TPSA) is 17.1 Å². The molecule has 0 radical (unpaired) electrons. The molecule has 0 spiro atoms. The number of halogens is 3. The van der Waals surface area contributed by atoms with Gasteiger partial charge in [0.1, 0.15) is 0 Å². The Hall–Kier alpha value is -0.580. The van der Waals surface area contributed by atoms with Crippen molar-refractivity contribution >= 4 is 22.1 Å². The lowest BCUT2D eigenvalue weighted by Crippen LogP contribution is -2.06. The second kappa shape index (κ2) is 3.88. The van der Waals surface area contributed by atoms with Crippen molar-refractivity contribution in [2.24, 2.45) is 0 Å². The van der Waals surface area contributed by atoms with Gasteiger partial charge in [-0.1, -0.05) is 21.9 Å². The van der Waals surface area contributed by atoms with E-state index >= 15 is 0 Å². The first kappa shape index (κ1) is 11.5. The summed E-state index contributed by atoms with van der Waals surface area (Å²) in [6.07, 6.45) is 0.829. The van der Waals surface area contributed by atoms with Crippen molar-refractivity contribution < 1.29 is 18.0 Å². The van der Waals surface area contributed by atoms with Crippen LogP contribution in [0.5, 0.6) is 0 Å². The van der Waals surface area contributed by atoms with Crippen LogP contribution in [0.4, 0.5) is 13.2 Å². The molecule has 1 aliphatic rings. The molecule has 1 rings (SSSR count). The molecule has 0 saturated heterocycles. The molecule has 0 saturated carbocycles. The standard InChI is InChI=1S/C9H11F3OS/c1-6-7(3-4-8(6)13)5-14(2)9(10,11)12/h2-5H2,1H3. The summed E-state index contributed by atoms with van der Waals surface area (Å²) in [6, 6.07) is 0. The van der Waals surface area contributed by atoms with Gasteiger partial charge in [-0.25, -0.2) is 0 Å². The van der Waals surface area contributed by atoms with Crippen molar-refractivity contribution in [3.63, 3.8) is 0 Å². The van der Waals surface area contributed by atoms with Gasteiger partial charge < -0.3 is 0 Å². The highest BCUT2D eigenvalue weighted by molar-refractivity contribution is 8.15. The number of Topliss-reactive ketones (excluding diaryl/α,β-unsaturated/α-hetero) is 1. The van der Waals surface area contributed by atoms with E-state index in [9.17, 15) is 18.0 Å². The van der Waals surface area contributed by atoms with Crippen LogP contribution in [0.15, 0.2) is 11.1 Å². The number of rotatable bonds is 2. The van der Waals surface area contributed by atoms with Crippen LogP contribution >= 0.6 is 10.5 Å². The predicted octanol–water partition coefficient (Wildman–Crippen LogP) is 2.89. The number of carbonyl (C=O) groups is 1. The van der Waals surface area contributed by atoms with Crippen molar-refractivity contribution in [1.82, 2.24) is 0 Å². The Labute approximate surface area is 82.9 Å². The van der Waals surface area contributed by atoms with Gasteiger partial charge in [0.05, 0.1) is 0 Å². The Morgan fingerprint density at radius 3 is 2.36 bits per heavy atom. The number of allylic oxidation sites excluding steroid dienone is 1. The summed E-state index contributed by atoms with van der Waals surface area (Å²) in [5, 5.41) is 0. The number of alkyl halides is 3. The van der Waals surface area contributed by atoms with E-state index in [1.165, 1.54) is 0 Å². The second-order valence-corrected chi connectivity index (χ2v) is 4.97. The van der Waals surface area contributed by atoms with E-state index in [-0.39, 0.29) is 11.5 Å². The average molecular weight is 224 g/mol. The summed E-state index contributed by atoms with van der Waals surface area (Å²) in [7, 11) is -1.87. The summed E-state index contributed by atoms with van der Waals surface area (Å²) in [5.41, 5.74) is -3.10. The summed E-state index contributed by atoms with van der Waals surface area (Å²) in [5.74, 6) is 2.95. The maximum Gasteiger partial charge on any atom is 0.436 e. The van der Waals surface area contributed by atoms with Crippen molar-refractivity contribution in [2.75, 3.05) is 5.75 Å². The summed E-state index contributed by atoms with van der Waals surface area (Å²) in [4.78, 5) is 11.1. The van der Waals surface area contributed by atoms with Gasteiger partial charge in [0.2, 0.25) is 0 Å². The van der Waals surface area contributed by atoms with Crippen LogP contribution in [0, 0.1) is 0 Å². The monoisotopic (exact) mass is 224 g/mol. The van der Waals surface area contributed by atoms with Crippen molar-refractivity contribution in [3.05, 3.63) is 11.1 Å². The highest BCUT2D eigenvalue weighted by Gasteiger charge is 2.32. The van der Waals surface area contributed by atoms with E-state index in [0.717, 1.165) is 0 Å². The maximum absolute atomic E-state index is 12.2. The highest BCUT2D eigenvalue weighted by atomic mass is 32.2. The van der Waals surface area contributed by atoms with Gasteiger partial charge in [0, 0.05) is 12.2 Å². The van der Waals surface area contributed by atoms with Crippen LogP contribution in [-0.2, 0) is 4.79 Å². The molecule has 0 aromatic heterocycles. The Balaban J connectivity index is 2.72. The smallest absolute Gasteiger partial charge is 0.295 e. The molecular weight excluding hydrogens is 213 g/mol. The minimum absolute atomic E-state index is 0.0285. The molecule has 0 N–H and O–H groups in total. The molecule has 1 unspecified atom stereocenters. The molecule has 5 heteroatoms. The fourth-order valence-electron chi connectivity index (χ4n) is 1.31. The van der Waals surface area contributed by atoms with Gasteiger partial charge >= 0.3 is 5.51 Å². The molecule has 0 aromatic carbocycles. The third-order valence-electron chi connectivity index (χ3n) is 2.28. The number of hydrogen-bond donors (Lipinski definition) is 0. The van der Waals surface area contributed by atoms with Crippen LogP contribution in [0.3, 0.4) is 0 Å². The lowest BCUT2D eigenvalue weighted by atomic mass is 10.2. The van der Waals surface area contributed by atoms with Gasteiger partial charge in [-0.05, 0) is 18.9 Å². The number of hydrogen-bond acceptors (Lipinski definition) is 1. The zero-order chi connectivity index (χ0) is 10.9. The first-order chi connectivity index (χ1) is 6.32. The number of ketones is 1. The van der Waals surface area contributed by atoms with Crippen LogP contribution < -0.4 is 0 Å². The van der Waals surface area contributed by atoms with Crippen molar-refractivity contribution in [1.29, 1.82) is 0 Å². The average Bonchev–Trinajstić information content (AvgIpc) is 2.34. The first-order valence-electron chi connectivity index (χ1n) is 4.11. The van der Waals surface area contributed by atoms with Gasteiger partial charge in [-0.2, -0.15) is 13.2 Å². The molecule has 14 heavy (non-hydrogen) atoms. The third kappa shape index (κ3) is 2.47. The van der Waals surface area contributed by atoms with Gasteiger partial charge in [-0.3, -0.25) is 4.79 Å². The molecule has 80 valence electrons. The fraction of sp³-hybridized carbons (Fsp3) is 0.556. The van der Waals surface area contributed by atoms with Gasteiger partial charge in [0.15, 0.2) is 5.78 Å². The van der Waals surface area contributed by atoms with E-state index in [1.807, 2.05) is 0 Å². The van der Waals surface area contributed by atoms with E-state index in [0.29, 0.717) is 24.0 Å². The van der Waals surface area contributed by atoms with Gasteiger partial charge in [-0.15, -0.1) is 0 Å². The molecule has 1 aliphatic carbocycles. The fourth-order valence-corrected chi connectivity index (χ4v) is 2.25. The van der Waals surface area contributed by atoms with E-state index < -0.39 is 16.0 Å². The van der Waals surface area contributed by atoms with Crippen molar-refractivity contribution in [3.8, 4) is 0 Å². The van der Waals surface area contributed by atoms with Gasteiger partial charge in [0.25, 0.3) is 0 Å². The quantitative estimate of drug-likeness (QED) is 0.659. The van der Waals surface area contributed by atoms with E-state index in [2.05, 4.69) is 5.87 Å². The van der Waals surface area contributed by atoms with Crippen molar-refractivity contribution in [2.45, 2.75) is 25.3 Å². The molecule has 1 atom stereocenters. The summed E-state index contributed by atoms with van der Waals surface area (Å²) in [6.45, 7) is 1.60. The molecule has 0 fully saturated rings. The second-order valence-electron chi connectivity index (χ2n) is 3.23. The molecule has 1 nitrogen and oxygen atoms in total. The largest absolute Gasteiger partial charge is 0.436 e. The molecular formula is C9H11F3OS. The van der Waals surface area contributed by atoms with Crippen LogP contribution in [-0.4, -0.2) is 22.9 Å². The molecule has 0 heterocycles. The zero-order valence-corrected chi connectivity index (χ0v) is 8.60. The molecule has 0 bridgehead atoms. The molecule has 0 aliphatic heterocycles. The van der Waals surface area contributed by atoms with Crippen LogP contribution in [0.1, 0.15) is 19.8 Å².